The molecule has 8 heteroatoms. The Morgan fingerprint density at radius 3 is 1.97 bits per heavy atom. The third kappa shape index (κ3) is 18.1. The molecule has 7 nitrogen and oxygen atoms in total. The topological polar surface area (TPSA) is 77.1 Å². The van der Waals surface area contributed by atoms with E-state index in [1.807, 2.05) is 28.1 Å². The summed E-state index contributed by atoms with van der Waals surface area (Å²) in [5.41, 5.74) is 0. The van der Waals surface area contributed by atoms with Gasteiger partial charge in [0.25, 0.3) is 7.82 Å². The molecule has 0 bridgehead atoms. The number of unbranched alkanes of at least 4 members (excludes halogenated alkanes) is 8. The van der Waals surface area contributed by atoms with E-state index in [0.29, 0.717) is 11.0 Å². The Bertz CT molecular complexity index is 471. The van der Waals surface area contributed by atoms with Crippen LogP contribution in [0.3, 0.4) is 0 Å². The average molecular weight is 468 g/mol. The molecule has 0 aliphatic rings. The summed E-state index contributed by atoms with van der Waals surface area (Å²) >= 11 is 0. The number of phosphoric ester groups is 1. The molecule has 0 radical (unpaired) electrons. The molecule has 0 spiro atoms. The van der Waals surface area contributed by atoms with Crippen molar-refractivity contribution >= 4 is 7.82 Å². The Kier molecular flexibility index (Phi) is 17.5. The zero-order chi connectivity index (χ0) is 23.8. The zero-order valence-corrected chi connectivity index (χ0v) is 22.2. The Balaban J connectivity index is 4.41. The largest absolute Gasteiger partial charge is 0.756 e. The highest BCUT2D eigenvalue weighted by Crippen LogP contribution is 2.41. The summed E-state index contributed by atoms with van der Waals surface area (Å²) < 4.78 is 34.5. The van der Waals surface area contributed by atoms with Gasteiger partial charge in [-0.25, -0.2) is 0 Å². The minimum atomic E-state index is -4.49. The second-order valence-electron chi connectivity index (χ2n) is 9.49. The smallest absolute Gasteiger partial charge is 0.270 e. The summed E-state index contributed by atoms with van der Waals surface area (Å²) in [4.78, 5) is 12.3. The fourth-order valence-electron chi connectivity index (χ4n) is 3.16. The molecule has 0 fully saturated rings. The third-order valence-electron chi connectivity index (χ3n) is 5.41. The number of ether oxygens (including phenoxy) is 2. The van der Waals surface area contributed by atoms with E-state index in [4.69, 9.17) is 18.5 Å². The SMILES string of the molecule is CCCCCCCCCCCC(CC)OC(OP(=O)([O-])OCC[N+](C)(C)C)[C@H](C)OC. The quantitative estimate of drug-likeness (QED) is 0.0990. The first-order valence-corrected chi connectivity index (χ1v) is 13.6. The minimum Gasteiger partial charge on any atom is -0.756 e. The van der Waals surface area contributed by atoms with Gasteiger partial charge >= 0.3 is 0 Å². The average Bonchev–Trinajstić information content (AvgIpc) is 2.68. The third-order valence-corrected chi connectivity index (χ3v) is 6.38. The van der Waals surface area contributed by atoms with Gasteiger partial charge in [-0.1, -0.05) is 71.6 Å². The van der Waals surface area contributed by atoms with Gasteiger partial charge in [-0.15, -0.1) is 0 Å². The highest BCUT2D eigenvalue weighted by molar-refractivity contribution is 7.45. The van der Waals surface area contributed by atoms with Crippen molar-refractivity contribution in [2.45, 2.75) is 110 Å². The standard InChI is InChI=1S/C23H50NO6P/c1-8-10-11-12-13-14-15-16-17-18-22(9-2)29-23(21(3)27-7)30-31(25,26)28-20-19-24(4,5)6/h21-23H,8-20H2,1-7H3/t21-,22?,23?/m0/s1. The van der Waals surface area contributed by atoms with Crippen LogP contribution in [-0.4, -0.2) is 64.4 Å². The Morgan fingerprint density at radius 1 is 0.935 bits per heavy atom. The van der Waals surface area contributed by atoms with Crippen molar-refractivity contribution in [3.8, 4) is 0 Å². The molecule has 0 aromatic rings. The predicted octanol–water partition coefficient (Wildman–Crippen LogP) is 5.27. The van der Waals surface area contributed by atoms with Crippen LogP contribution in [0, 0.1) is 0 Å². The Hall–Kier alpha value is -0.0100. The molecule has 0 aromatic heterocycles. The molecule has 31 heavy (non-hydrogen) atoms. The maximum atomic E-state index is 12.3. The molecule has 0 aliphatic heterocycles. The summed E-state index contributed by atoms with van der Waals surface area (Å²) in [6.07, 6.45) is 11.5. The van der Waals surface area contributed by atoms with Crippen molar-refractivity contribution in [3.05, 3.63) is 0 Å². The van der Waals surface area contributed by atoms with E-state index >= 15 is 0 Å². The van der Waals surface area contributed by atoms with Crippen molar-refractivity contribution in [3.63, 3.8) is 0 Å². The number of phosphoric acid groups is 1. The van der Waals surface area contributed by atoms with Crippen LogP contribution in [0.25, 0.3) is 0 Å². The van der Waals surface area contributed by atoms with E-state index in [1.165, 1.54) is 58.5 Å². The molecule has 0 aliphatic carbocycles. The van der Waals surface area contributed by atoms with Gasteiger partial charge in [-0.3, -0.25) is 9.09 Å². The van der Waals surface area contributed by atoms with Gasteiger partial charge in [0.1, 0.15) is 19.3 Å². The maximum Gasteiger partial charge on any atom is 0.270 e. The summed E-state index contributed by atoms with van der Waals surface area (Å²) in [6.45, 7) is 6.64. The fraction of sp³-hybridized carbons (Fsp3) is 1.00. The van der Waals surface area contributed by atoms with E-state index in [0.717, 1.165) is 19.3 Å². The summed E-state index contributed by atoms with van der Waals surface area (Å²) in [5.74, 6) is 0. The number of rotatable bonds is 21. The summed E-state index contributed by atoms with van der Waals surface area (Å²) in [6, 6.07) is 0. The molecule has 188 valence electrons. The van der Waals surface area contributed by atoms with Gasteiger partial charge in [0.2, 0.25) is 0 Å². The van der Waals surface area contributed by atoms with E-state index in [2.05, 4.69) is 6.92 Å². The van der Waals surface area contributed by atoms with Crippen LogP contribution in [0.15, 0.2) is 0 Å². The molecular weight excluding hydrogens is 417 g/mol. The van der Waals surface area contributed by atoms with Crippen LogP contribution in [0.2, 0.25) is 0 Å². The van der Waals surface area contributed by atoms with Crippen LogP contribution in [-0.2, 0) is 23.1 Å². The van der Waals surface area contributed by atoms with Gasteiger partial charge in [0, 0.05) is 7.11 Å². The molecule has 0 saturated carbocycles. The number of hydrogen-bond donors (Lipinski definition) is 0. The molecule has 4 atom stereocenters. The molecule has 0 heterocycles. The molecule has 3 unspecified atom stereocenters. The van der Waals surface area contributed by atoms with Gasteiger partial charge in [0.05, 0.1) is 27.2 Å². The second kappa shape index (κ2) is 17.5. The fourth-order valence-corrected chi connectivity index (χ4v) is 4.00. The number of nitrogens with zero attached hydrogens (tertiary/aromatic N) is 1. The second-order valence-corrected chi connectivity index (χ2v) is 10.9. The van der Waals surface area contributed by atoms with Gasteiger partial charge < -0.3 is 23.4 Å². The van der Waals surface area contributed by atoms with Crippen LogP contribution in [0.4, 0.5) is 0 Å². The lowest BCUT2D eigenvalue weighted by Crippen LogP contribution is -2.38. The van der Waals surface area contributed by atoms with Crippen LogP contribution in [0.1, 0.15) is 91.4 Å². The maximum absolute atomic E-state index is 12.3. The monoisotopic (exact) mass is 467 g/mol. The molecule has 0 N–H and O–H groups in total. The first-order chi connectivity index (χ1) is 14.5. The Morgan fingerprint density at radius 2 is 1.48 bits per heavy atom. The van der Waals surface area contributed by atoms with Crippen molar-refractivity contribution in [1.29, 1.82) is 0 Å². The van der Waals surface area contributed by atoms with Crippen LogP contribution < -0.4 is 4.89 Å². The van der Waals surface area contributed by atoms with Crippen LogP contribution >= 0.6 is 7.82 Å². The summed E-state index contributed by atoms with van der Waals surface area (Å²) in [5, 5.41) is 0. The first-order valence-electron chi connectivity index (χ1n) is 12.2. The Labute approximate surface area is 192 Å². The molecule has 0 saturated heterocycles. The highest BCUT2D eigenvalue weighted by atomic mass is 31.2. The van der Waals surface area contributed by atoms with Gasteiger partial charge in [0.15, 0.2) is 6.29 Å². The molecular formula is C23H50NO6P. The number of quaternary nitrogens is 1. The van der Waals surface area contributed by atoms with Gasteiger partial charge in [-0.2, -0.15) is 0 Å². The lowest BCUT2D eigenvalue weighted by Gasteiger charge is -2.33. The van der Waals surface area contributed by atoms with Crippen molar-refractivity contribution < 1.29 is 32.5 Å². The highest BCUT2D eigenvalue weighted by Gasteiger charge is 2.27. The summed E-state index contributed by atoms with van der Waals surface area (Å²) in [7, 11) is 2.94. The van der Waals surface area contributed by atoms with E-state index < -0.39 is 20.2 Å². The first kappa shape index (κ1) is 31.0. The number of likely N-dealkylation sites (N-methyl/N-ethyl adjacent to an activating group) is 1. The van der Waals surface area contributed by atoms with Crippen molar-refractivity contribution in [2.75, 3.05) is 41.4 Å². The lowest BCUT2D eigenvalue weighted by atomic mass is 10.0. The number of methoxy groups -OCH3 is 1. The number of hydrogen-bond acceptors (Lipinski definition) is 6. The van der Waals surface area contributed by atoms with Crippen molar-refractivity contribution in [2.24, 2.45) is 0 Å². The van der Waals surface area contributed by atoms with E-state index in [-0.39, 0.29) is 12.7 Å². The molecule has 0 rings (SSSR count). The normalized spacial score (nSPS) is 17.3. The van der Waals surface area contributed by atoms with E-state index in [1.54, 1.807) is 6.92 Å². The van der Waals surface area contributed by atoms with Gasteiger partial charge in [-0.05, 0) is 19.8 Å². The van der Waals surface area contributed by atoms with Crippen LogP contribution in [0.5, 0.6) is 0 Å². The lowest BCUT2D eigenvalue weighted by molar-refractivity contribution is -0.870. The minimum absolute atomic E-state index is 0.0635. The molecule has 0 amide bonds. The predicted molar refractivity (Wildman–Crippen MR) is 125 cm³/mol. The van der Waals surface area contributed by atoms with E-state index in [9.17, 15) is 9.46 Å². The van der Waals surface area contributed by atoms with Crippen molar-refractivity contribution in [1.82, 2.24) is 0 Å². The zero-order valence-electron chi connectivity index (χ0n) is 21.3. The molecule has 0 aromatic carbocycles.